The molecule has 0 spiro atoms. The Morgan fingerprint density at radius 2 is 2.14 bits per heavy atom. The molecule has 0 amide bonds. The lowest BCUT2D eigenvalue weighted by molar-refractivity contribution is 0.0977. The monoisotopic (exact) mass is 195 g/mol. The molecular formula is C10H17N3O. The van der Waals surface area contributed by atoms with E-state index in [0.717, 1.165) is 5.56 Å². The number of nitrogens with zero attached hydrogens (tertiary/aromatic N) is 2. The van der Waals surface area contributed by atoms with Crippen molar-refractivity contribution in [1.82, 2.24) is 9.78 Å². The lowest BCUT2D eigenvalue weighted by Gasteiger charge is -2.22. The third-order valence-electron chi connectivity index (χ3n) is 1.59. The van der Waals surface area contributed by atoms with E-state index in [9.17, 15) is 0 Å². The van der Waals surface area contributed by atoms with Gasteiger partial charge >= 0.3 is 0 Å². The van der Waals surface area contributed by atoms with Crippen molar-refractivity contribution in [3.8, 4) is 0 Å². The van der Waals surface area contributed by atoms with Gasteiger partial charge in [-0.2, -0.15) is 5.10 Å². The number of nitrogen functional groups attached to an aromatic ring is 1. The minimum Gasteiger partial charge on any atom is -0.488 e. The molecule has 0 aliphatic rings. The number of aromatic nitrogens is 2. The third kappa shape index (κ3) is 2.52. The largest absolute Gasteiger partial charge is 0.488 e. The van der Waals surface area contributed by atoms with E-state index >= 15 is 0 Å². The normalized spacial score (nSPS) is 11.4. The Hall–Kier alpha value is -1.45. The first-order valence-electron chi connectivity index (χ1n) is 4.47. The quantitative estimate of drug-likeness (QED) is 0.732. The van der Waals surface area contributed by atoms with Crippen LogP contribution in [0.5, 0.6) is 0 Å². The van der Waals surface area contributed by atoms with Crippen LogP contribution in [0.25, 0.3) is 5.76 Å². The molecule has 0 saturated carbocycles. The average molecular weight is 195 g/mol. The van der Waals surface area contributed by atoms with E-state index in [1.54, 1.807) is 10.9 Å². The lowest BCUT2D eigenvalue weighted by atomic mass is 10.2. The predicted octanol–water partition coefficient (Wildman–Crippen LogP) is 1.79. The van der Waals surface area contributed by atoms with E-state index in [4.69, 9.17) is 10.5 Å². The van der Waals surface area contributed by atoms with E-state index < -0.39 is 0 Å². The summed E-state index contributed by atoms with van der Waals surface area (Å²) in [6.45, 7) is 9.72. The average Bonchev–Trinajstić information content (AvgIpc) is 2.26. The summed E-state index contributed by atoms with van der Waals surface area (Å²) in [4.78, 5) is 0. The number of nitrogens with two attached hydrogens (primary N) is 1. The minimum absolute atomic E-state index is 0.265. The van der Waals surface area contributed by atoms with Crippen molar-refractivity contribution in [3.63, 3.8) is 0 Å². The van der Waals surface area contributed by atoms with Gasteiger partial charge in [-0.15, -0.1) is 0 Å². The van der Waals surface area contributed by atoms with Gasteiger partial charge in [0.25, 0.3) is 0 Å². The Labute approximate surface area is 84.4 Å². The maximum Gasteiger partial charge on any atom is 0.156 e. The zero-order chi connectivity index (χ0) is 10.9. The molecule has 0 unspecified atom stereocenters. The summed E-state index contributed by atoms with van der Waals surface area (Å²) >= 11 is 0. The van der Waals surface area contributed by atoms with Gasteiger partial charge in [-0.3, -0.25) is 4.68 Å². The molecule has 1 aromatic heterocycles. The Balaban J connectivity index is 2.85. The molecule has 1 rings (SSSR count). The molecule has 0 aliphatic heterocycles. The zero-order valence-electron chi connectivity index (χ0n) is 9.16. The summed E-state index contributed by atoms with van der Waals surface area (Å²) < 4.78 is 7.23. The van der Waals surface area contributed by atoms with Crippen molar-refractivity contribution in [1.29, 1.82) is 0 Å². The first kappa shape index (κ1) is 10.6. The fourth-order valence-corrected chi connectivity index (χ4v) is 1.15. The third-order valence-corrected chi connectivity index (χ3v) is 1.59. The molecule has 1 aromatic rings. The molecule has 0 aromatic carbocycles. The standard InChI is InChI=1S/C10H17N3O/c1-7(14-10(2,3)4)8-6-13(5)12-9(8)11/h6H,1H2,2-5H3,(H2,11,12). The van der Waals surface area contributed by atoms with Crippen LogP contribution in [0.15, 0.2) is 12.8 Å². The number of anilines is 1. The molecule has 0 bridgehead atoms. The molecule has 4 nitrogen and oxygen atoms in total. The Bertz CT molecular complexity index is 347. The van der Waals surface area contributed by atoms with Crippen LogP contribution in [0.3, 0.4) is 0 Å². The van der Waals surface area contributed by atoms with E-state index in [1.165, 1.54) is 0 Å². The number of rotatable bonds is 2. The SMILES string of the molecule is C=C(OC(C)(C)C)c1cn(C)nc1N. The van der Waals surface area contributed by atoms with Gasteiger partial charge in [-0.05, 0) is 20.8 Å². The van der Waals surface area contributed by atoms with Crippen LogP contribution >= 0.6 is 0 Å². The first-order chi connectivity index (χ1) is 6.29. The highest BCUT2D eigenvalue weighted by Gasteiger charge is 2.16. The van der Waals surface area contributed by atoms with Crippen molar-refractivity contribution < 1.29 is 4.74 Å². The van der Waals surface area contributed by atoms with E-state index in [-0.39, 0.29) is 5.60 Å². The molecule has 0 saturated heterocycles. The minimum atomic E-state index is -0.265. The summed E-state index contributed by atoms with van der Waals surface area (Å²) in [6.07, 6.45) is 1.80. The molecular weight excluding hydrogens is 178 g/mol. The van der Waals surface area contributed by atoms with Crippen molar-refractivity contribution in [2.75, 3.05) is 5.73 Å². The van der Waals surface area contributed by atoms with Gasteiger partial charge in [-0.25, -0.2) is 0 Å². The zero-order valence-corrected chi connectivity index (χ0v) is 9.16. The summed E-state index contributed by atoms with van der Waals surface area (Å²) in [7, 11) is 1.81. The Morgan fingerprint density at radius 1 is 1.57 bits per heavy atom. The maximum atomic E-state index is 5.69. The highest BCUT2D eigenvalue weighted by Crippen LogP contribution is 2.24. The topological polar surface area (TPSA) is 53.1 Å². The summed E-state index contributed by atoms with van der Waals surface area (Å²) in [6, 6.07) is 0. The molecule has 1 heterocycles. The highest BCUT2D eigenvalue weighted by atomic mass is 16.5. The van der Waals surface area contributed by atoms with Gasteiger partial charge in [0.2, 0.25) is 0 Å². The maximum absolute atomic E-state index is 5.69. The van der Waals surface area contributed by atoms with E-state index in [2.05, 4.69) is 11.7 Å². The van der Waals surface area contributed by atoms with Crippen molar-refractivity contribution in [3.05, 3.63) is 18.3 Å². The van der Waals surface area contributed by atoms with Crippen LogP contribution in [-0.2, 0) is 11.8 Å². The van der Waals surface area contributed by atoms with Crippen molar-refractivity contribution >= 4 is 11.6 Å². The van der Waals surface area contributed by atoms with Gasteiger partial charge in [0.05, 0.1) is 5.56 Å². The number of hydrogen-bond donors (Lipinski definition) is 1. The van der Waals surface area contributed by atoms with Gasteiger partial charge in [0, 0.05) is 13.2 Å². The molecule has 14 heavy (non-hydrogen) atoms. The van der Waals surface area contributed by atoms with Crippen LogP contribution < -0.4 is 5.73 Å². The second-order valence-electron chi connectivity index (χ2n) is 4.24. The van der Waals surface area contributed by atoms with Crippen LogP contribution in [-0.4, -0.2) is 15.4 Å². The Morgan fingerprint density at radius 3 is 2.50 bits per heavy atom. The fourth-order valence-electron chi connectivity index (χ4n) is 1.15. The molecule has 2 N–H and O–H groups in total. The molecule has 0 aliphatic carbocycles. The van der Waals surface area contributed by atoms with E-state index in [1.807, 2.05) is 27.8 Å². The van der Waals surface area contributed by atoms with Gasteiger partial charge in [0.1, 0.15) is 11.4 Å². The Kier molecular flexibility index (Phi) is 2.55. The van der Waals surface area contributed by atoms with Crippen molar-refractivity contribution in [2.24, 2.45) is 7.05 Å². The number of ether oxygens (including phenoxy) is 1. The van der Waals surface area contributed by atoms with Gasteiger partial charge < -0.3 is 10.5 Å². The van der Waals surface area contributed by atoms with Gasteiger partial charge in [-0.1, -0.05) is 6.58 Å². The lowest BCUT2D eigenvalue weighted by Crippen LogP contribution is -2.17. The van der Waals surface area contributed by atoms with Crippen LogP contribution in [0.1, 0.15) is 26.3 Å². The number of aryl methyl sites for hydroxylation is 1. The smallest absolute Gasteiger partial charge is 0.156 e. The number of hydrogen-bond acceptors (Lipinski definition) is 3. The van der Waals surface area contributed by atoms with Crippen LogP contribution in [0.2, 0.25) is 0 Å². The summed E-state index contributed by atoms with van der Waals surface area (Å²) in [5.41, 5.74) is 6.18. The molecule has 0 radical (unpaired) electrons. The second-order valence-corrected chi connectivity index (χ2v) is 4.24. The molecule has 4 heteroatoms. The predicted molar refractivity (Wildman–Crippen MR) is 57.5 cm³/mol. The second kappa shape index (κ2) is 3.36. The van der Waals surface area contributed by atoms with Crippen LogP contribution in [0.4, 0.5) is 5.82 Å². The highest BCUT2D eigenvalue weighted by molar-refractivity contribution is 5.66. The van der Waals surface area contributed by atoms with Crippen molar-refractivity contribution in [2.45, 2.75) is 26.4 Å². The van der Waals surface area contributed by atoms with Gasteiger partial charge in [0.15, 0.2) is 5.82 Å². The van der Waals surface area contributed by atoms with E-state index in [0.29, 0.717) is 11.6 Å². The first-order valence-corrected chi connectivity index (χ1v) is 4.47. The summed E-state index contributed by atoms with van der Waals surface area (Å²) in [5.74, 6) is 1.00. The summed E-state index contributed by atoms with van der Waals surface area (Å²) in [5, 5.41) is 4.02. The van der Waals surface area contributed by atoms with Crippen LogP contribution in [0, 0.1) is 0 Å². The molecule has 0 fully saturated rings. The molecule has 78 valence electrons. The molecule has 0 atom stereocenters. The fraction of sp³-hybridized carbons (Fsp3) is 0.500.